The van der Waals surface area contributed by atoms with Gasteiger partial charge >= 0.3 is 0 Å². The zero-order chi connectivity index (χ0) is 78.7. The summed E-state index contributed by atoms with van der Waals surface area (Å²) in [4.78, 5) is 160. The molecule has 2 aliphatic heterocycles. The quantitative estimate of drug-likeness (QED) is 0.0149. The molecule has 0 aliphatic carbocycles. The smallest absolute Gasteiger partial charge is 0.245 e. The first-order chi connectivity index (χ1) is 52.2. The summed E-state index contributed by atoms with van der Waals surface area (Å²) in [6, 6.07) is 28.9. The minimum atomic E-state index is -1.79. The number of nitrogens with one attached hydrogen (secondary N) is 11. The van der Waals surface area contributed by atoms with Gasteiger partial charge in [0.1, 0.15) is 54.4 Å². The summed E-state index contributed by atoms with van der Waals surface area (Å²) in [5.41, 5.74) is 21.9. The van der Waals surface area contributed by atoms with Crippen LogP contribution in [0.4, 0.5) is 5.69 Å². The molecule has 18 N–H and O–H groups in total. The number of fused-ring (bicyclic) bond motifs is 1. The van der Waals surface area contributed by atoms with Gasteiger partial charge in [-0.2, -0.15) is 0 Å². The Morgan fingerprint density at radius 2 is 1.01 bits per heavy atom. The number of nitrogens with two attached hydrogens (primary N) is 3. The normalized spacial score (nSPS) is 16.1. The van der Waals surface area contributed by atoms with Crippen molar-refractivity contribution in [1.29, 1.82) is 5.41 Å². The molecule has 0 spiro atoms. The highest BCUT2D eigenvalue weighted by Crippen LogP contribution is 2.23. The number of rotatable bonds is 38. The summed E-state index contributed by atoms with van der Waals surface area (Å²) in [5.74, 6) is -9.03. The van der Waals surface area contributed by atoms with Gasteiger partial charge in [0.15, 0.2) is 5.96 Å². The highest BCUT2D eigenvalue weighted by atomic mass is 35.5. The fourth-order valence-corrected chi connectivity index (χ4v) is 13.1. The lowest BCUT2D eigenvalue weighted by atomic mass is 9.99. The van der Waals surface area contributed by atoms with Crippen molar-refractivity contribution < 1.29 is 62.6 Å². The molecule has 2 fully saturated rings. The van der Waals surface area contributed by atoms with Gasteiger partial charge in [0, 0.05) is 76.0 Å². The average molecular weight is 1520 g/mol. The molecular weight excluding hydrogens is 1420 g/mol. The molecule has 6 aromatic rings. The van der Waals surface area contributed by atoms with Crippen LogP contribution in [0.15, 0.2) is 146 Å². The monoisotopic (exact) mass is 1520 g/mol. The van der Waals surface area contributed by atoms with Crippen molar-refractivity contribution >= 4 is 99.0 Å². The van der Waals surface area contributed by atoms with E-state index < -0.39 is 126 Å². The Morgan fingerprint density at radius 1 is 0.541 bits per heavy atom. The van der Waals surface area contributed by atoms with Crippen LogP contribution in [0.25, 0.3) is 10.8 Å². The number of guanidine groups is 1. The van der Waals surface area contributed by atoms with E-state index in [2.05, 4.69) is 58.1 Å². The number of primary amides is 1. The van der Waals surface area contributed by atoms with Crippen molar-refractivity contribution in [2.75, 3.05) is 51.3 Å². The topological polar surface area (TPSA) is 446 Å². The molecule has 29 nitrogen and oxygen atoms in total. The molecule has 0 aromatic heterocycles. The van der Waals surface area contributed by atoms with Crippen molar-refractivity contribution in [2.45, 2.75) is 159 Å². The summed E-state index contributed by atoms with van der Waals surface area (Å²) < 4.78 is 5.55. The largest absolute Gasteiger partial charge is 0.394 e. The summed E-state index contributed by atoms with van der Waals surface area (Å²) >= 11 is 6.25. The predicted octanol–water partition coefficient (Wildman–Crippen LogP) is 1.80. The third-order valence-electron chi connectivity index (χ3n) is 18.8. The van der Waals surface area contributed by atoms with E-state index in [1.165, 1.54) is 18.7 Å². The number of aliphatic hydroxyl groups is 1. The van der Waals surface area contributed by atoms with Gasteiger partial charge in [-0.1, -0.05) is 147 Å². The molecule has 8 rings (SSSR count). The molecule has 10 atom stereocenters. The second kappa shape index (κ2) is 41.5. The van der Waals surface area contributed by atoms with E-state index in [0.29, 0.717) is 72.2 Å². The predicted molar refractivity (Wildman–Crippen MR) is 412 cm³/mol. The van der Waals surface area contributed by atoms with Gasteiger partial charge in [-0.15, -0.1) is 0 Å². The number of aliphatic hydroxyl groups excluding tert-OH is 1. The first kappa shape index (κ1) is 83.8. The number of amides is 11. The molecule has 2 aliphatic rings. The maximum absolute atomic E-state index is 15.4. The Morgan fingerprint density at radius 3 is 1.55 bits per heavy atom. The average Bonchev–Trinajstić information content (AvgIpc) is 1.82. The molecule has 109 heavy (non-hydrogen) atoms. The number of hydrogen-bond acceptors (Lipinski definition) is 16. The maximum Gasteiger partial charge on any atom is 0.245 e. The Hall–Kier alpha value is -10.8. The van der Waals surface area contributed by atoms with Gasteiger partial charge in [0.05, 0.1) is 25.9 Å². The molecule has 11 amide bonds. The zero-order valence-corrected chi connectivity index (χ0v) is 62.5. The fraction of sp³-hybridized carbons (Fsp3) is 0.418. The summed E-state index contributed by atoms with van der Waals surface area (Å²) in [6.07, 6.45) is 0.287. The number of likely N-dealkylation sites (tertiary alicyclic amines) is 1. The Kier molecular flexibility index (Phi) is 31.9. The van der Waals surface area contributed by atoms with Crippen molar-refractivity contribution in [3.05, 3.63) is 184 Å². The van der Waals surface area contributed by atoms with E-state index in [1.807, 2.05) is 54.6 Å². The lowest BCUT2D eigenvalue weighted by Crippen LogP contribution is -2.61. The standard InChI is InChI=1S/C79H101ClN16O13/c1-47(2)38-62(71(101)88-61(16-10-32-85-79(83)84)78(108)96-33-11-17-68(96)77(107)86-48(3)69(82)99)90-73(103)65(44-53-25-30-59(31-26-53)87-49(4)98)92-74(104)66(42-51-18-20-54(21-19-51)45-95-34-36-109-37-35-95)93-76(106)67(46-97)94-75(105)64(41-50-12-6-5-7-13-50)91-72(102)63(43-52-23-28-58(80)29-24-52)89-70(100)60(81)40-55-22-27-56-14-8-9-15-57(56)39-55/h5-9,12-15,18-31,39,47-48,60-68,97H,10-11,16-17,32-38,40-46,81H2,1-4H3,(H2,82,99)(H,86,107)(H,87,98)(H,88,101)(H,89,100)(H,90,103)(H,91,102)(H,92,104)(H,93,106)(H,94,105)(H4,83,84,85)/t48-,60-,61+,62+,63-,64-,65-,66+,67+,68+/m1/s1. The van der Waals surface area contributed by atoms with E-state index in [9.17, 15) is 48.3 Å². The van der Waals surface area contributed by atoms with Crippen molar-refractivity contribution in [3.8, 4) is 0 Å². The number of carbonyl (C=O) groups excluding carboxylic acids is 11. The zero-order valence-electron chi connectivity index (χ0n) is 61.8. The molecule has 582 valence electrons. The number of benzene rings is 6. The summed E-state index contributed by atoms with van der Waals surface area (Å²) in [6.45, 7) is 8.74. The number of halogens is 1. The lowest BCUT2D eigenvalue weighted by molar-refractivity contribution is -0.142. The molecule has 0 radical (unpaired) electrons. The number of anilines is 1. The van der Waals surface area contributed by atoms with Crippen LogP contribution in [-0.4, -0.2) is 192 Å². The Bertz CT molecular complexity index is 4130. The van der Waals surface area contributed by atoms with Crippen LogP contribution < -0.4 is 70.4 Å². The molecule has 0 bridgehead atoms. The summed E-state index contributed by atoms with van der Waals surface area (Å²) in [7, 11) is 0. The van der Waals surface area contributed by atoms with E-state index in [4.69, 9.17) is 38.9 Å². The van der Waals surface area contributed by atoms with Gasteiger partial charge in [0.2, 0.25) is 65.0 Å². The number of hydrogen-bond donors (Lipinski definition) is 15. The van der Waals surface area contributed by atoms with Crippen LogP contribution in [0.1, 0.15) is 93.2 Å². The van der Waals surface area contributed by atoms with E-state index >= 15 is 9.59 Å². The van der Waals surface area contributed by atoms with Crippen molar-refractivity contribution in [1.82, 2.24) is 57.7 Å². The van der Waals surface area contributed by atoms with Gasteiger partial charge in [-0.3, -0.25) is 63.0 Å². The maximum atomic E-state index is 15.4. The molecule has 6 aromatic carbocycles. The third kappa shape index (κ3) is 26.5. The van der Waals surface area contributed by atoms with Crippen LogP contribution in [-0.2, 0) is 96.1 Å². The molecule has 2 heterocycles. The van der Waals surface area contributed by atoms with Gasteiger partial charge in [0.25, 0.3) is 0 Å². The Labute approximate surface area is 638 Å². The fourth-order valence-electron chi connectivity index (χ4n) is 12.9. The van der Waals surface area contributed by atoms with Gasteiger partial charge in [-0.05, 0) is 120 Å². The second-order valence-electron chi connectivity index (χ2n) is 28.0. The molecule has 2 saturated heterocycles. The molecular formula is C79H101ClN16O13. The van der Waals surface area contributed by atoms with Crippen LogP contribution >= 0.6 is 11.6 Å². The molecule has 0 unspecified atom stereocenters. The first-order valence-electron chi connectivity index (χ1n) is 36.7. The number of morpholine rings is 1. The van der Waals surface area contributed by atoms with Crippen molar-refractivity contribution in [2.24, 2.45) is 23.1 Å². The number of nitrogens with zero attached hydrogens (tertiary/aromatic N) is 2. The third-order valence-corrected chi connectivity index (χ3v) is 19.1. The van der Waals surface area contributed by atoms with E-state index in [1.54, 1.807) is 105 Å². The number of ether oxygens (including phenoxy) is 1. The molecule has 0 saturated carbocycles. The minimum absolute atomic E-state index is 0.00313. The van der Waals surface area contributed by atoms with Crippen LogP contribution in [0.2, 0.25) is 5.02 Å². The van der Waals surface area contributed by atoms with Crippen LogP contribution in [0.5, 0.6) is 0 Å². The minimum Gasteiger partial charge on any atom is -0.394 e. The SMILES string of the molecule is CC(=O)Nc1ccc(C[C@@H](NC(=O)[C@H](Cc2ccc(CN3CCOCC3)cc2)NC(=O)[C@H](CO)NC(=O)[C@@H](Cc2ccccc2)NC(=O)[C@@H](Cc2ccc(Cl)cc2)NC(=O)[C@H](N)Cc2ccc3ccccc3c2)C(=O)N[C@@H](CC(C)C)C(=O)N[C@@H](CCCNC(=N)N)C(=O)N2CCC[C@H]2C(=O)N[C@H](C)C(N)=O)cc1. The van der Waals surface area contributed by atoms with Crippen LogP contribution in [0, 0.1) is 11.3 Å². The van der Waals surface area contributed by atoms with E-state index in [0.717, 1.165) is 21.9 Å². The van der Waals surface area contributed by atoms with Gasteiger partial charge < -0.3 is 85.1 Å². The summed E-state index contributed by atoms with van der Waals surface area (Å²) in [5, 5.41) is 48.4. The first-order valence-corrected chi connectivity index (χ1v) is 37.0. The number of carbonyl (C=O) groups is 11. The molecule has 30 heteroatoms. The highest BCUT2D eigenvalue weighted by molar-refractivity contribution is 6.30. The van der Waals surface area contributed by atoms with E-state index in [-0.39, 0.29) is 88.7 Å². The lowest BCUT2D eigenvalue weighted by Gasteiger charge is -2.31. The second-order valence-corrected chi connectivity index (χ2v) is 28.5. The van der Waals surface area contributed by atoms with Crippen molar-refractivity contribution in [3.63, 3.8) is 0 Å². The van der Waals surface area contributed by atoms with Gasteiger partial charge in [-0.25, -0.2) is 0 Å². The van der Waals surface area contributed by atoms with Crippen LogP contribution in [0.3, 0.4) is 0 Å². The highest BCUT2D eigenvalue weighted by Gasteiger charge is 2.40. The Balaban J connectivity index is 1.07.